The normalized spacial score (nSPS) is 25.1. The average Bonchev–Trinajstić information content (AvgIpc) is 3.03. The molecule has 2 aliphatic rings. The summed E-state index contributed by atoms with van der Waals surface area (Å²) in [5, 5.41) is 3.46. The van der Waals surface area contributed by atoms with E-state index in [4.69, 9.17) is 4.74 Å². The first-order valence-electron chi connectivity index (χ1n) is 7.18. The second-order valence-corrected chi connectivity index (χ2v) is 5.94. The van der Waals surface area contributed by atoms with Gasteiger partial charge in [0, 0.05) is 12.5 Å². The molecule has 1 N–H and O–H groups in total. The predicted octanol–water partition coefficient (Wildman–Crippen LogP) is 3.07. The van der Waals surface area contributed by atoms with Crippen LogP contribution in [0.4, 0.5) is 0 Å². The minimum atomic E-state index is 0.432. The molecule has 1 aliphatic heterocycles. The van der Waals surface area contributed by atoms with Gasteiger partial charge in [-0.15, -0.1) is 0 Å². The molecule has 0 bridgehead atoms. The Labute approximate surface area is 110 Å². The first kappa shape index (κ1) is 12.0. The van der Waals surface area contributed by atoms with Crippen molar-refractivity contribution in [3.8, 4) is 5.75 Å². The van der Waals surface area contributed by atoms with Gasteiger partial charge in [0.25, 0.3) is 0 Å². The highest BCUT2D eigenvalue weighted by atomic mass is 16.5. The third-order valence-electron chi connectivity index (χ3n) is 4.24. The zero-order valence-electron chi connectivity index (χ0n) is 11.4. The van der Waals surface area contributed by atoms with Gasteiger partial charge in [-0.05, 0) is 57.2 Å². The zero-order chi connectivity index (χ0) is 12.5. The van der Waals surface area contributed by atoms with Crippen LogP contribution in [-0.4, -0.2) is 19.2 Å². The molecule has 1 saturated carbocycles. The van der Waals surface area contributed by atoms with E-state index in [0.29, 0.717) is 12.0 Å². The lowest BCUT2D eigenvalue weighted by molar-refractivity contribution is 0.120. The van der Waals surface area contributed by atoms with Crippen LogP contribution in [0.2, 0.25) is 0 Å². The summed E-state index contributed by atoms with van der Waals surface area (Å²) in [6.07, 6.45) is 4.41. The van der Waals surface area contributed by atoms with E-state index in [0.717, 1.165) is 24.8 Å². The summed E-state index contributed by atoms with van der Waals surface area (Å²) in [4.78, 5) is 0. The lowest BCUT2D eigenvalue weighted by atomic mass is 9.97. The third kappa shape index (κ3) is 2.54. The topological polar surface area (TPSA) is 21.3 Å². The van der Waals surface area contributed by atoms with E-state index in [9.17, 15) is 0 Å². The van der Waals surface area contributed by atoms with Crippen LogP contribution < -0.4 is 10.1 Å². The molecule has 98 valence electrons. The maximum absolute atomic E-state index is 6.37. The van der Waals surface area contributed by atoms with E-state index < -0.39 is 0 Å². The number of rotatable bonds is 4. The van der Waals surface area contributed by atoms with Gasteiger partial charge in [0.15, 0.2) is 0 Å². The molecule has 2 nitrogen and oxygen atoms in total. The van der Waals surface area contributed by atoms with Crippen molar-refractivity contribution in [2.45, 2.75) is 39.2 Å². The Hall–Kier alpha value is -1.02. The van der Waals surface area contributed by atoms with Crippen LogP contribution in [0, 0.1) is 25.7 Å². The molecule has 1 saturated heterocycles. The second kappa shape index (κ2) is 4.93. The average molecular weight is 245 g/mol. The van der Waals surface area contributed by atoms with Gasteiger partial charge in [-0.2, -0.15) is 0 Å². The Morgan fingerprint density at radius 3 is 2.61 bits per heavy atom. The molecule has 1 heterocycles. The van der Waals surface area contributed by atoms with E-state index in [1.54, 1.807) is 0 Å². The van der Waals surface area contributed by atoms with E-state index in [1.165, 1.54) is 30.4 Å². The fraction of sp³-hybridized carbons (Fsp3) is 0.625. The fourth-order valence-corrected chi connectivity index (χ4v) is 3.04. The number of aryl methyl sites for hydroxylation is 2. The molecule has 1 unspecified atom stereocenters. The number of hydrogen-bond acceptors (Lipinski definition) is 2. The van der Waals surface area contributed by atoms with E-state index in [-0.39, 0.29) is 0 Å². The molecule has 1 aliphatic carbocycles. The van der Waals surface area contributed by atoms with Crippen LogP contribution in [0.5, 0.6) is 5.75 Å². The van der Waals surface area contributed by atoms with Gasteiger partial charge in [-0.1, -0.05) is 17.7 Å². The summed E-state index contributed by atoms with van der Waals surface area (Å²) in [7, 11) is 0. The van der Waals surface area contributed by atoms with Crippen LogP contribution in [0.3, 0.4) is 0 Å². The molecule has 0 radical (unpaired) electrons. The zero-order valence-corrected chi connectivity index (χ0v) is 11.4. The van der Waals surface area contributed by atoms with Gasteiger partial charge in [-0.3, -0.25) is 0 Å². The molecule has 2 atom stereocenters. The van der Waals surface area contributed by atoms with Gasteiger partial charge < -0.3 is 10.1 Å². The van der Waals surface area contributed by atoms with Crippen LogP contribution in [0.1, 0.15) is 30.4 Å². The van der Waals surface area contributed by atoms with Crippen molar-refractivity contribution in [2.24, 2.45) is 11.8 Å². The number of benzene rings is 1. The molecular formula is C16H23NO. The Balaban J connectivity index is 1.75. The van der Waals surface area contributed by atoms with E-state index in [2.05, 4.69) is 37.4 Å². The molecule has 2 fully saturated rings. The molecule has 0 amide bonds. The SMILES string of the molecule is Cc1ccc(OC(C2CC2)[C@H]2CCNC2)c(C)c1. The monoisotopic (exact) mass is 245 g/mol. The van der Waals surface area contributed by atoms with Crippen LogP contribution >= 0.6 is 0 Å². The van der Waals surface area contributed by atoms with E-state index >= 15 is 0 Å². The molecule has 0 aromatic heterocycles. The van der Waals surface area contributed by atoms with Crippen molar-refractivity contribution in [3.05, 3.63) is 29.3 Å². The first-order valence-corrected chi connectivity index (χ1v) is 7.18. The standard InChI is InChI=1S/C16H23NO/c1-11-3-6-15(12(2)9-11)18-16(13-4-5-13)14-7-8-17-10-14/h3,6,9,13-14,16-17H,4-5,7-8,10H2,1-2H3/t14-,16?/m0/s1. The van der Waals surface area contributed by atoms with Gasteiger partial charge in [0.1, 0.15) is 11.9 Å². The highest BCUT2D eigenvalue weighted by Gasteiger charge is 2.39. The van der Waals surface area contributed by atoms with Crippen molar-refractivity contribution in [1.82, 2.24) is 5.32 Å². The summed E-state index contributed by atoms with van der Waals surface area (Å²) in [6, 6.07) is 6.51. The van der Waals surface area contributed by atoms with Crippen molar-refractivity contribution < 1.29 is 4.74 Å². The quantitative estimate of drug-likeness (QED) is 0.880. The molecule has 1 aromatic carbocycles. The van der Waals surface area contributed by atoms with Crippen molar-refractivity contribution in [3.63, 3.8) is 0 Å². The minimum Gasteiger partial charge on any atom is -0.490 e. The summed E-state index contributed by atoms with van der Waals surface area (Å²) in [5.41, 5.74) is 2.58. The van der Waals surface area contributed by atoms with Gasteiger partial charge in [-0.25, -0.2) is 0 Å². The number of nitrogens with one attached hydrogen (secondary N) is 1. The highest BCUT2D eigenvalue weighted by molar-refractivity contribution is 5.36. The number of ether oxygens (including phenoxy) is 1. The maximum atomic E-state index is 6.37. The largest absolute Gasteiger partial charge is 0.490 e. The fourth-order valence-electron chi connectivity index (χ4n) is 3.04. The summed E-state index contributed by atoms with van der Waals surface area (Å²) < 4.78 is 6.37. The predicted molar refractivity (Wildman–Crippen MR) is 74.0 cm³/mol. The molecule has 3 rings (SSSR count). The smallest absolute Gasteiger partial charge is 0.122 e. The second-order valence-electron chi connectivity index (χ2n) is 5.94. The molecule has 0 spiro atoms. The third-order valence-corrected chi connectivity index (χ3v) is 4.24. The Bertz CT molecular complexity index is 419. The maximum Gasteiger partial charge on any atom is 0.122 e. The first-order chi connectivity index (χ1) is 8.74. The van der Waals surface area contributed by atoms with Crippen LogP contribution in [0.15, 0.2) is 18.2 Å². The lowest BCUT2D eigenvalue weighted by Gasteiger charge is -2.25. The summed E-state index contributed by atoms with van der Waals surface area (Å²) >= 11 is 0. The molecular weight excluding hydrogens is 222 g/mol. The molecule has 1 aromatic rings. The van der Waals surface area contributed by atoms with Crippen molar-refractivity contribution in [2.75, 3.05) is 13.1 Å². The van der Waals surface area contributed by atoms with E-state index in [1.807, 2.05) is 0 Å². The minimum absolute atomic E-state index is 0.432. The van der Waals surface area contributed by atoms with Gasteiger partial charge >= 0.3 is 0 Å². The Morgan fingerprint density at radius 1 is 1.17 bits per heavy atom. The van der Waals surface area contributed by atoms with Gasteiger partial charge in [0.2, 0.25) is 0 Å². The van der Waals surface area contributed by atoms with Crippen molar-refractivity contribution >= 4 is 0 Å². The van der Waals surface area contributed by atoms with Crippen molar-refractivity contribution in [1.29, 1.82) is 0 Å². The molecule has 2 heteroatoms. The van der Waals surface area contributed by atoms with Crippen LogP contribution in [0.25, 0.3) is 0 Å². The Morgan fingerprint density at radius 2 is 2.00 bits per heavy atom. The lowest BCUT2D eigenvalue weighted by Crippen LogP contribution is -2.31. The summed E-state index contributed by atoms with van der Waals surface area (Å²) in [6.45, 7) is 6.57. The summed E-state index contributed by atoms with van der Waals surface area (Å²) in [5.74, 6) is 2.60. The highest BCUT2D eigenvalue weighted by Crippen LogP contribution is 2.40. The van der Waals surface area contributed by atoms with Gasteiger partial charge in [0.05, 0.1) is 0 Å². The molecule has 18 heavy (non-hydrogen) atoms. The van der Waals surface area contributed by atoms with Crippen LogP contribution in [-0.2, 0) is 0 Å². The Kier molecular flexibility index (Phi) is 3.29. The number of hydrogen-bond donors (Lipinski definition) is 1.